The van der Waals surface area contributed by atoms with Gasteiger partial charge in [0.25, 0.3) is 5.91 Å². The Morgan fingerprint density at radius 1 is 1.04 bits per heavy atom. The van der Waals surface area contributed by atoms with Crippen molar-refractivity contribution < 1.29 is 9.53 Å². The minimum atomic E-state index is -0.630. The second-order valence-corrected chi connectivity index (χ2v) is 5.75. The summed E-state index contributed by atoms with van der Waals surface area (Å²) in [6, 6.07) is 23.7. The minimum absolute atomic E-state index is 0.280. The molecular weight excluding hydrogens is 312 g/mol. The van der Waals surface area contributed by atoms with E-state index in [0.717, 1.165) is 16.3 Å². The van der Waals surface area contributed by atoms with Crippen molar-refractivity contribution in [1.82, 2.24) is 5.43 Å². The molecule has 0 aromatic heterocycles. The molecule has 0 bridgehead atoms. The van der Waals surface area contributed by atoms with Crippen LogP contribution in [-0.4, -0.2) is 18.2 Å². The second-order valence-electron chi connectivity index (χ2n) is 5.75. The summed E-state index contributed by atoms with van der Waals surface area (Å²) in [6.07, 6.45) is 1.71. The number of hydrogen-bond acceptors (Lipinski definition) is 3. The van der Waals surface area contributed by atoms with Gasteiger partial charge in [0.2, 0.25) is 0 Å². The zero-order chi connectivity index (χ0) is 17.5. The van der Waals surface area contributed by atoms with Gasteiger partial charge in [0, 0.05) is 12.6 Å². The summed E-state index contributed by atoms with van der Waals surface area (Å²) < 4.78 is 5.71. The number of nitrogens with one attached hydrogen (secondary N) is 1. The molecule has 1 N–H and O–H groups in total. The van der Waals surface area contributed by atoms with E-state index in [-0.39, 0.29) is 5.91 Å². The Morgan fingerprint density at radius 2 is 1.76 bits per heavy atom. The van der Waals surface area contributed by atoms with Crippen molar-refractivity contribution in [1.29, 1.82) is 0 Å². The number of rotatable bonds is 6. The van der Waals surface area contributed by atoms with Crippen molar-refractivity contribution >= 4 is 22.9 Å². The molecule has 0 heterocycles. The molecule has 4 nitrogen and oxygen atoms in total. The Labute approximate surface area is 147 Å². The number of nitrogens with zero attached hydrogens (tertiary/aromatic N) is 1. The lowest BCUT2D eigenvalue weighted by molar-refractivity contribution is -0.127. The lowest BCUT2D eigenvalue weighted by atomic mass is 10.1. The number of carbonyl (C=O) groups excluding carboxylic acids is 1. The van der Waals surface area contributed by atoms with Crippen molar-refractivity contribution in [3.8, 4) is 5.75 Å². The number of benzene rings is 3. The van der Waals surface area contributed by atoms with Gasteiger partial charge in [-0.05, 0) is 35.4 Å². The van der Waals surface area contributed by atoms with E-state index >= 15 is 0 Å². The second kappa shape index (κ2) is 8.11. The maximum Gasteiger partial charge on any atom is 0.280 e. The summed E-state index contributed by atoms with van der Waals surface area (Å²) >= 11 is 0. The highest BCUT2D eigenvalue weighted by molar-refractivity contribution is 5.84. The van der Waals surface area contributed by atoms with Crippen LogP contribution in [0.3, 0.4) is 0 Å². The van der Waals surface area contributed by atoms with Gasteiger partial charge in [-0.3, -0.25) is 4.79 Å². The fourth-order valence-corrected chi connectivity index (χ4v) is 2.46. The van der Waals surface area contributed by atoms with Gasteiger partial charge >= 0.3 is 0 Å². The lowest BCUT2D eigenvalue weighted by Gasteiger charge is -2.13. The molecule has 3 aromatic rings. The zero-order valence-corrected chi connectivity index (χ0v) is 14.1. The summed E-state index contributed by atoms with van der Waals surface area (Å²) in [5, 5.41) is 6.19. The molecule has 0 radical (unpaired) electrons. The topological polar surface area (TPSA) is 50.7 Å². The van der Waals surface area contributed by atoms with E-state index in [1.165, 1.54) is 0 Å². The van der Waals surface area contributed by atoms with Crippen molar-refractivity contribution in [2.24, 2.45) is 5.10 Å². The molecule has 0 aliphatic carbocycles. The number of carbonyl (C=O) groups is 1. The molecule has 3 aromatic carbocycles. The molecule has 1 amide bonds. The van der Waals surface area contributed by atoms with Gasteiger partial charge in [-0.2, -0.15) is 5.10 Å². The lowest BCUT2D eigenvalue weighted by Crippen LogP contribution is -2.33. The standard InChI is InChI=1S/C21H20N2O2/c1-16(21(24)23-22-14-13-17-7-3-2-4-8-17)25-20-12-11-18-9-5-6-10-19(18)15-20/h2-12,14-16H,13H2,1H3,(H,23,24). The molecular formula is C21H20N2O2. The van der Waals surface area contributed by atoms with Crippen molar-refractivity contribution in [3.05, 3.63) is 78.4 Å². The average molecular weight is 332 g/mol. The third-order valence-corrected chi connectivity index (χ3v) is 3.84. The van der Waals surface area contributed by atoms with E-state index in [0.29, 0.717) is 12.2 Å². The van der Waals surface area contributed by atoms with Gasteiger partial charge in [0.15, 0.2) is 6.10 Å². The summed E-state index contributed by atoms with van der Waals surface area (Å²) in [5.74, 6) is 0.382. The smallest absolute Gasteiger partial charge is 0.280 e. The van der Waals surface area contributed by atoms with Crippen LogP contribution >= 0.6 is 0 Å². The fraction of sp³-hybridized carbons (Fsp3) is 0.143. The first-order valence-corrected chi connectivity index (χ1v) is 8.23. The van der Waals surface area contributed by atoms with E-state index in [1.54, 1.807) is 13.1 Å². The van der Waals surface area contributed by atoms with Crippen LogP contribution in [0.25, 0.3) is 10.8 Å². The largest absolute Gasteiger partial charge is 0.481 e. The van der Waals surface area contributed by atoms with E-state index in [1.807, 2.05) is 72.8 Å². The Balaban J connectivity index is 1.53. The molecule has 0 spiro atoms. The average Bonchev–Trinajstić information content (AvgIpc) is 2.65. The van der Waals surface area contributed by atoms with Gasteiger partial charge in [0.1, 0.15) is 5.75 Å². The molecule has 0 saturated heterocycles. The number of fused-ring (bicyclic) bond motifs is 1. The van der Waals surface area contributed by atoms with Crippen LogP contribution in [0.1, 0.15) is 12.5 Å². The Morgan fingerprint density at radius 3 is 2.56 bits per heavy atom. The van der Waals surface area contributed by atoms with Crippen molar-refractivity contribution in [3.63, 3.8) is 0 Å². The summed E-state index contributed by atoms with van der Waals surface area (Å²) in [7, 11) is 0. The molecule has 25 heavy (non-hydrogen) atoms. The normalized spacial score (nSPS) is 12.2. The van der Waals surface area contributed by atoms with Crippen LogP contribution in [0.5, 0.6) is 5.75 Å². The number of hydrogen-bond donors (Lipinski definition) is 1. The molecule has 4 heteroatoms. The maximum atomic E-state index is 12.1. The molecule has 1 unspecified atom stereocenters. The highest BCUT2D eigenvalue weighted by Gasteiger charge is 2.13. The van der Waals surface area contributed by atoms with Gasteiger partial charge in [-0.15, -0.1) is 0 Å². The van der Waals surface area contributed by atoms with Gasteiger partial charge in [-0.1, -0.05) is 60.7 Å². The van der Waals surface area contributed by atoms with Crippen LogP contribution in [0, 0.1) is 0 Å². The van der Waals surface area contributed by atoms with Crippen LogP contribution in [-0.2, 0) is 11.2 Å². The van der Waals surface area contributed by atoms with Crippen molar-refractivity contribution in [2.75, 3.05) is 0 Å². The predicted octanol–water partition coefficient (Wildman–Crippen LogP) is 3.95. The SMILES string of the molecule is CC(Oc1ccc2ccccc2c1)C(=O)NN=CCc1ccccc1. The van der Waals surface area contributed by atoms with Crippen LogP contribution in [0.2, 0.25) is 0 Å². The van der Waals surface area contributed by atoms with Gasteiger partial charge in [-0.25, -0.2) is 5.43 Å². The van der Waals surface area contributed by atoms with Crippen molar-refractivity contribution in [2.45, 2.75) is 19.4 Å². The summed E-state index contributed by atoms with van der Waals surface area (Å²) in [5.41, 5.74) is 3.66. The Hall–Kier alpha value is -3.14. The first-order chi connectivity index (χ1) is 12.2. The van der Waals surface area contributed by atoms with E-state index in [2.05, 4.69) is 10.5 Å². The summed E-state index contributed by atoms with van der Waals surface area (Å²) in [6.45, 7) is 1.71. The first kappa shape index (κ1) is 16.7. The molecule has 0 saturated carbocycles. The summed E-state index contributed by atoms with van der Waals surface area (Å²) in [4.78, 5) is 12.1. The highest BCUT2D eigenvalue weighted by Crippen LogP contribution is 2.21. The zero-order valence-electron chi connectivity index (χ0n) is 14.1. The number of ether oxygens (including phenoxy) is 1. The third kappa shape index (κ3) is 4.67. The maximum absolute atomic E-state index is 12.1. The molecule has 0 fully saturated rings. The van der Waals surface area contributed by atoms with Gasteiger partial charge in [0.05, 0.1) is 0 Å². The molecule has 126 valence electrons. The van der Waals surface area contributed by atoms with Gasteiger partial charge < -0.3 is 4.74 Å². The quantitative estimate of drug-likeness (QED) is 0.549. The van der Waals surface area contributed by atoms with Crippen LogP contribution in [0.4, 0.5) is 0 Å². The van der Waals surface area contributed by atoms with E-state index < -0.39 is 6.10 Å². The third-order valence-electron chi connectivity index (χ3n) is 3.84. The predicted molar refractivity (Wildman–Crippen MR) is 101 cm³/mol. The first-order valence-electron chi connectivity index (χ1n) is 8.23. The highest BCUT2D eigenvalue weighted by atomic mass is 16.5. The Bertz CT molecular complexity index is 875. The monoisotopic (exact) mass is 332 g/mol. The number of amides is 1. The molecule has 1 atom stereocenters. The molecule has 0 aliphatic heterocycles. The fourth-order valence-electron chi connectivity index (χ4n) is 2.46. The molecule has 3 rings (SSSR count). The molecule has 0 aliphatic rings. The minimum Gasteiger partial charge on any atom is -0.481 e. The van der Waals surface area contributed by atoms with E-state index in [9.17, 15) is 4.79 Å². The van der Waals surface area contributed by atoms with E-state index in [4.69, 9.17) is 4.74 Å². The van der Waals surface area contributed by atoms with Crippen LogP contribution < -0.4 is 10.2 Å². The Kier molecular flexibility index (Phi) is 5.42. The van der Waals surface area contributed by atoms with Crippen LogP contribution in [0.15, 0.2) is 77.9 Å². The number of hydrazone groups is 1.